The topological polar surface area (TPSA) is 76.9 Å². The van der Waals surface area contributed by atoms with E-state index in [2.05, 4.69) is 15.5 Å². The maximum absolute atomic E-state index is 14.0. The first kappa shape index (κ1) is 19.8. The van der Waals surface area contributed by atoms with Crippen LogP contribution in [0.2, 0.25) is 0 Å². The quantitative estimate of drug-likeness (QED) is 0.481. The summed E-state index contributed by atoms with van der Waals surface area (Å²) >= 11 is 1.18. The molecular formula is C20H19FN4O2S. The lowest BCUT2D eigenvalue weighted by atomic mass is 10.1. The Morgan fingerprint density at radius 3 is 2.54 bits per heavy atom. The van der Waals surface area contributed by atoms with Gasteiger partial charge in [0.1, 0.15) is 12.1 Å². The summed E-state index contributed by atoms with van der Waals surface area (Å²) < 4.78 is 15.5. The fourth-order valence-electron chi connectivity index (χ4n) is 2.37. The first-order chi connectivity index (χ1) is 13.5. The number of rotatable bonds is 7. The van der Waals surface area contributed by atoms with Crippen LogP contribution in [0.15, 0.2) is 60.0 Å². The van der Waals surface area contributed by atoms with Crippen LogP contribution in [0, 0.1) is 11.7 Å². The van der Waals surface area contributed by atoms with Gasteiger partial charge in [0.05, 0.1) is 11.4 Å². The van der Waals surface area contributed by atoms with E-state index in [-0.39, 0.29) is 23.4 Å². The van der Waals surface area contributed by atoms with Crippen molar-refractivity contribution in [3.05, 3.63) is 66.2 Å². The van der Waals surface area contributed by atoms with Gasteiger partial charge in [0.15, 0.2) is 10.9 Å². The SMILES string of the molecule is CC(C)C(=O)Nc1ccc(C(=O)CSc2nncn2-c2ccccc2F)cc1. The molecule has 0 radical (unpaired) electrons. The van der Waals surface area contributed by atoms with Gasteiger partial charge in [-0.05, 0) is 36.4 Å². The summed E-state index contributed by atoms with van der Waals surface area (Å²) in [6, 6.07) is 13.0. The molecule has 0 saturated carbocycles. The lowest BCUT2D eigenvalue weighted by Gasteiger charge is -2.09. The summed E-state index contributed by atoms with van der Waals surface area (Å²) in [5, 5.41) is 11.0. The van der Waals surface area contributed by atoms with E-state index in [1.807, 2.05) is 13.8 Å². The molecule has 0 fully saturated rings. The van der Waals surface area contributed by atoms with Crippen molar-refractivity contribution in [3.8, 4) is 5.69 Å². The van der Waals surface area contributed by atoms with E-state index in [1.165, 1.54) is 28.7 Å². The van der Waals surface area contributed by atoms with Gasteiger partial charge in [-0.2, -0.15) is 0 Å². The second-order valence-electron chi connectivity index (χ2n) is 6.37. The van der Waals surface area contributed by atoms with Gasteiger partial charge >= 0.3 is 0 Å². The molecule has 3 rings (SSSR count). The lowest BCUT2D eigenvalue weighted by Crippen LogP contribution is -2.17. The minimum atomic E-state index is -0.394. The van der Waals surface area contributed by atoms with Crippen LogP contribution < -0.4 is 5.32 Å². The third-order valence-corrected chi connectivity index (χ3v) is 4.90. The molecule has 0 aliphatic rings. The van der Waals surface area contributed by atoms with E-state index in [4.69, 9.17) is 0 Å². The molecule has 1 N–H and O–H groups in total. The number of thioether (sulfide) groups is 1. The van der Waals surface area contributed by atoms with Gasteiger partial charge in [-0.3, -0.25) is 14.2 Å². The van der Waals surface area contributed by atoms with Crippen LogP contribution >= 0.6 is 11.8 Å². The fourth-order valence-corrected chi connectivity index (χ4v) is 3.19. The summed E-state index contributed by atoms with van der Waals surface area (Å²) in [5.41, 5.74) is 1.49. The largest absolute Gasteiger partial charge is 0.326 e. The molecule has 0 aliphatic carbocycles. The molecule has 1 aromatic heterocycles. The van der Waals surface area contributed by atoms with E-state index in [9.17, 15) is 14.0 Å². The molecule has 0 unspecified atom stereocenters. The van der Waals surface area contributed by atoms with Crippen molar-refractivity contribution in [2.24, 2.45) is 5.92 Å². The van der Waals surface area contributed by atoms with Crippen molar-refractivity contribution < 1.29 is 14.0 Å². The molecule has 1 amide bonds. The molecule has 144 valence electrons. The second kappa shape index (κ2) is 8.79. The zero-order chi connectivity index (χ0) is 20.1. The number of halogens is 1. The Hall–Kier alpha value is -3.00. The van der Waals surface area contributed by atoms with Crippen LogP contribution in [0.3, 0.4) is 0 Å². The number of aromatic nitrogens is 3. The number of nitrogens with zero attached hydrogens (tertiary/aromatic N) is 3. The van der Waals surface area contributed by atoms with Crippen molar-refractivity contribution in [3.63, 3.8) is 0 Å². The highest BCUT2D eigenvalue weighted by Gasteiger charge is 2.14. The third-order valence-electron chi connectivity index (χ3n) is 3.96. The smallest absolute Gasteiger partial charge is 0.226 e. The minimum Gasteiger partial charge on any atom is -0.326 e. The Balaban J connectivity index is 1.65. The number of hydrogen-bond acceptors (Lipinski definition) is 5. The number of nitrogens with one attached hydrogen (secondary N) is 1. The Morgan fingerprint density at radius 2 is 1.86 bits per heavy atom. The number of amides is 1. The molecule has 2 aromatic carbocycles. The Bertz CT molecular complexity index is 986. The number of carbonyl (C=O) groups excluding carboxylic acids is 2. The molecule has 0 saturated heterocycles. The monoisotopic (exact) mass is 398 g/mol. The number of carbonyl (C=O) groups is 2. The predicted molar refractivity (Wildman–Crippen MR) is 106 cm³/mol. The Kier molecular flexibility index (Phi) is 6.20. The van der Waals surface area contributed by atoms with E-state index >= 15 is 0 Å². The van der Waals surface area contributed by atoms with Gasteiger partial charge in [-0.15, -0.1) is 10.2 Å². The highest BCUT2D eigenvalue weighted by atomic mass is 32.2. The molecule has 6 nitrogen and oxygen atoms in total. The molecule has 3 aromatic rings. The van der Waals surface area contributed by atoms with Crippen LogP contribution in [0.5, 0.6) is 0 Å². The van der Waals surface area contributed by atoms with Crippen molar-refractivity contribution in [2.45, 2.75) is 19.0 Å². The molecule has 0 atom stereocenters. The van der Waals surface area contributed by atoms with Crippen molar-refractivity contribution >= 4 is 29.1 Å². The highest BCUT2D eigenvalue weighted by Crippen LogP contribution is 2.22. The van der Waals surface area contributed by atoms with Crippen LogP contribution in [-0.2, 0) is 4.79 Å². The standard InChI is InChI=1S/C20H19FN4O2S/c1-13(2)19(27)23-15-9-7-14(8-10-15)18(26)11-28-20-24-22-12-25(20)17-6-4-3-5-16(17)21/h3-10,12-13H,11H2,1-2H3,(H,23,27). The van der Waals surface area contributed by atoms with Crippen molar-refractivity contribution in [2.75, 3.05) is 11.1 Å². The van der Waals surface area contributed by atoms with Gasteiger partial charge in [0.25, 0.3) is 0 Å². The summed E-state index contributed by atoms with van der Waals surface area (Å²) in [6.45, 7) is 3.62. The second-order valence-corrected chi connectivity index (χ2v) is 7.31. The molecule has 8 heteroatoms. The summed E-state index contributed by atoms with van der Waals surface area (Å²) in [7, 11) is 0. The van der Waals surface area contributed by atoms with Gasteiger partial charge in [0, 0.05) is 17.2 Å². The predicted octanol–water partition coefficient (Wildman–Crippen LogP) is 3.98. The van der Waals surface area contributed by atoms with Gasteiger partial charge < -0.3 is 5.32 Å². The zero-order valence-electron chi connectivity index (χ0n) is 15.4. The van der Waals surface area contributed by atoms with E-state index < -0.39 is 5.82 Å². The first-order valence-electron chi connectivity index (χ1n) is 8.67. The van der Waals surface area contributed by atoms with Crippen molar-refractivity contribution in [1.29, 1.82) is 0 Å². The highest BCUT2D eigenvalue weighted by molar-refractivity contribution is 7.99. The molecular weight excluding hydrogens is 379 g/mol. The number of benzene rings is 2. The van der Waals surface area contributed by atoms with Crippen LogP contribution in [-0.4, -0.2) is 32.2 Å². The number of Topliss-reactive ketones (excluding diaryl/α,β-unsaturated/α-hetero) is 1. The van der Waals surface area contributed by atoms with Crippen molar-refractivity contribution in [1.82, 2.24) is 14.8 Å². The van der Waals surface area contributed by atoms with E-state index in [0.717, 1.165) is 0 Å². The van der Waals surface area contributed by atoms with Crippen LogP contribution in [0.4, 0.5) is 10.1 Å². The van der Waals surface area contributed by atoms with Crippen LogP contribution in [0.25, 0.3) is 5.69 Å². The molecule has 0 bridgehead atoms. The van der Waals surface area contributed by atoms with Crippen LogP contribution in [0.1, 0.15) is 24.2 Å². The first-order valence-corrected chi connectivity index (χ1v) is 9.66. The molecule has 0 spiro atoms. The summed E-state index contributed by atoms with van der Waals surface area (Å²) in [6.07, 6.45) is 1.41. The maximum Gasteiger partial charge on any atom is 0.226 e. The van der Waals surface area contributed by atoms with E-state index in [1.54, 1.807) is 42.5 Å². The van der Waals surface area contributed by atoms with E-state index in [0.29, 0.717) is 22.1 Å². The zero-order valence-corrected chi connectivity index (χ0v) is 16.2. The normalized spacial score (nSPS) is 10.9. The number of anilines is 1. The van der Waals surface area contributed by atoms with Gasteiger partial charge in [0.2, 0.25) is 5.91 Å². The maximum atomic E-state index is 14.0. The minimum absolute atomic E-state index is 0.0814. The average molecular weight is 398 g/mol. The van der Waals surface area contributed by atoms with Gasteiger partial charge in [-0.1, -0.05) is 37.7 Å². The number of ketones is 1. The summed E-state index contributed by atoms with van der Waals surface area (Å²) in [5.74, 6) is -0.568. The molecule has 1 heterocycles. The van der Waals surface area contributed by atoms with Gasteiger partial charge in [-0.25, -0.2) is 4.39 Å². The Labute approximate surface area is 166 Å². The Morgan fingerprint density at radius 1 is 1.14 bits per heavy atom. The number of para-hydroxylation sites is 1. The number of hydrogen-bond donors (Lipinski definition) is 1. The third kappa shape index (κ3) is 4.64. The summed E-state index contributed by atoms with van der Waals surface area (Å²) in [4.78, 5) is 24.2. The molecule has 0 aliphatic heterocycles. The fraction of sp³-hybridized carbons (Fsp3) is 0.200. The average Bonchev–Trinajstić information content (AvgIpc) is 3.15. The lowest BCUT2D eigenvalue weighted by molar-refractivity contribution is -0.118. The molecule has 28 heavy (non-hydrogen) atoms.